The van der Waals surface area contributed by atoms with Gasteiger partial charge < -0.3 is 10.6 Å². The van der Waals surface area contributed by atoms with Gasteiger partial charge in [0.05, 0.1) is 5.56 Å². The SMILES string of the molecule is O=C(Nc1cccc2c1CCNC2)c1csc(C2CCCCC2)c1. The zero-order valence-electron chi connectivity index (χ0n) is 13.9. The summed E-state index contributed by atoms with van der Waals surface area (Å²) in [6.07, 6.45) is 7.55. The molecular formula is C20H24N2OS. The Balaban J connectivity index is 1.50. The molecule has 4 heteroatoms. The van der Waals surface area contributed by atoms with E-state index in [0.717, 1.165) is 30.8 Å². The van der Waals surface area contributed by atoms with Gasteiger partial charge in [0.1, 0.15) is 0 Å². The molecule has 1 aliphatic carbocycles. The fourth-order valence-electron chi connectivity index (χ4n) is 3.92. The number of hydrogen-bond acceptors (Lipinski definition) is 3. The molecule has 2 heterocycles. The van der Waals surface area contributed by atoms with Gasteiger partial charge in [-0.3, -0.25) is 4.79 Å². The largest absolute Gasteiger partial charge is 0.322 e. The van der Waals surface area contributed by atoms with Crippen molar-refractivity contribution in [1.29, 1.82) is 0 Å². The minimum atomic E-state index is 0.0280. The Morgan fingerprint density at radius 3 is 2.96 bits per heavy atom. The summed E-state index contributed by atoms with van der Waals surface area (Å²) in [4.78, 5) is 14.1. The van der Waals surface area contributed by atoms with Crippen molar-refractivity contribution in [3.8, 4) is 0 Å². The number of amides is 1. The molecule has 2 N–H and O–H groups in total. The lowest BCUT2D eigenvalue weighted by molar-refractivity contribution is 0.102. The zero-order chi connectivity index (χ0) is 16.4. The quantitative estimate of drug-likeness (QED) is 0.851. The highest BCUT2D eigenvalue weighted by Gasteiger charge is 2.20. The summed E-state index contributed by atoms with van der Waals surface area (Å²) < 4.78 is 0. The highest BCUT2D eigenvalue weighted by molar-refractivity contribution is 7.10. The molecule has 1 fully saturated rings. The van der Waals surface area contributed by atoms with Crippen molar-refractivity contribution in [3.63, 3.8) is 0 Å². The van der Waals surface area contributed by atoms with Gasteiger partial charge in [-0.05, 0) is 55.0 Å². The van der Waals surface area contributed by atoms with Crippen LogP contribution in [-0.4, -0.2) is 12.5 Å². The normalized spacial score (nSPS) is 18.2. The van der Waals surface area contributed by atoms with Crippen LogP contribution in [0, 0.1) is 0 Å². The molecule has 1 aliphatic heterocycles. The van der Waals surface area contributed by atoms with Crippen LogP contribution in [0.4, 0.5) is 5.69 Å². The Kier molecular flexibility index (Phi) is 4.67. The second kappa shape index (κ2) is 7.08. The third-order valence-corrected chi connectivity index (χ3v) is 6.37. The van der Waals surface area contributed by atoms with Crippen LogP contribution in [-0.2, 0) is 13.0 Å². The van der Waals surface area contributed by atoms with Gasteiger partial charge >= 0.3 is 0 Å². The lowest BCUT2D eigenvalue weighted by Gasteiger charge is -2.20. The van der Waals surface area contributed by atoms with Gasteiger partial charge in [-0.15, -0.1) is 11.3 Å². The molecule has 126 valence electrons. The average Bonchev–Trinajstić information content (AvgIpc) is 3.13. The van der Waals surface area contributed by atoms with Crippen molar-refractivity contribution in [1.82, 2.24) is 5.32 Å². The first-order valence-electron chi connectivity index (χ1n) is 9.02. The van der Waals surface area contributed by atoms with Crippen molar-refractivity contribution in [2.45, 2.75) is 51.0 Å². The molecule has 0 saturated heterocycles. The Labute approximate surface area is 147 Å². The van der Waals surface area contributed by atoms with Crippen molar-refractivity contribution in [2.24, 2.45) is 0 Å². The standard InChI is InChI=1S/C20H24N2OS/c23-20(16-11-19(24-13-16)14-5-2-1-3-6-14)22-18-8-4-7-15-12-21-10-9-17(15)18/h4,7-8,11,13-14,21H,1-3,5-6,9-10,12H2,(H,22,23). The van der Waals surface area contributed by atoms with Gasteiger partial charge in [0.25, 0.3) is 5.91 Å². The van der Waals surface area contributed by atoms with Crippen molar-refractivity contribution >= 4 is 22.9 Å². The number of fused-ring (bicyclic) bond motifs is 1. The van der Waals surface area contributed by atoms with Crippen LogP contribution < -0.4 is 10.6 Å². The van der Waals surface area contributed by atoms with Crippen LogP contribution in [0.2, 0.25) is 0 Å². The topological polar surface area (TPSA) is 41.1 Å². The summed E-state index contributed by atoms with van der Waals surface area (Å²) >= 11 is 1.75. The molecule has 0 atom stereocenters. The Morgan fingerprint density at radius 2 is 2.08 bits per heavy atom. The summed E-state index contributed by atoms with van der Waals surface area (Å²) in [5.41, 5.74) is 4.37. The molecule has 0 spiro atoms. The highest BCUT2D eigenvalue weighted by atomic mass is 32.1. The van der Waals surface area contributed by atoms with Crippen LogP contribution in [0.5, 0.6) is 0 Å². The first-order valence-corrected chi connectivity index (χ1v) is 9.90. The molecule has 2 aliphatic rings. The van der Waals surface area contributed by atoms with E-state index in [9.17, 15) is 4.79 Å². The number of hydrogen-bond donors (Lipinski definition) is 2. The van der Waals surface area contributed by atoms with Crippen LogP contribution in [0.3, 0.4) is 0 Å². The van der Waals surface area contributed by atoms with E-state index >= 15 is 0 Å². The number of benzene rings is 1. The second-order valence-corrected chi connectivity index (χ2v) is 7.84. The molecule has 4 rings (SSSR count). The molecule has 1 aromatic heterocycles. The van der Waals surface area contributed by atoms with E-state index < -0.39 is 0 Å². The Bertz CT molecular complexity index is 731. The molecule has 24 heavy (non-hydrogen) atoms. The maximum absolute atomic E-state index is 12.7. The number of rotatable bonds is 3. The van der Waals surface area contributed by atoms with E-state index in [1.807, 2.05) is 17.5 Å². The highest BCUT2D eigenvalue weighted by Crippen LogP contribution is 2.36. The van der Waals surface area contributed by atoms with E-state index in [2.05, 4.69) is 22.8 Å². The van der Waals surface area contributed by atoms with Crippen molar-refractivity contribution < 1.29 is 4.79 Å². The predicted octanol–water partition coefficient (Wildman–Crippen LogP) is 4.69. The minimum absolute atomic E-state index is 0.0280. The Morgan fingerprint density at radius 1 is 1.21 bits per heavy atom. The molecule has 1 aromatic carbocycles. The second-order valence-electron chi connectivity index (χ2n) is 6.90. The monoisotopic (exact) mass is 340 g/mol. The zero-order valence-corrected chi connectivity index (χ0v) is 14.8. The summed E-state index contributed by atoms with van der Waals surface area (Å²) in [5, 5.41) is 8.55. The number of anilines is 1. The maximum Gasteiger partial charge on any atom is 0.256 e. The summed E-state index contributed by atoms with van der Waals surface area (Å²) in [6, 6.07) is 8.31. The molecular weight excluding hydrogens is 316 g/mol. The van der Waals surface area contributed by atoms with E-state index in [1.165, 1.54) is 48.1 Å². The summed E-state index contributed by atoms with van der Waals surface area (Å²) in [7, 11) is 0. The number of carbonyl (C=O) groups is 1. The van der Waals surface area contributed by atoms with E-state index in [0.29, 0.717) is 5.92 Å². The van der Waals surface area contributed by atoms with Crippen molar-refractivity contribution in [3.05, 3.63) is 51.2 Å². The first kappa shape index (κ1) is 15.9. The fourth-order valence-corrected chi connectivity index (χ4v) is 4.98. The first-order chi connectivity index (χ1) is 11.8. The fraction of sp³-hybridized carbons (Fsp3) is 0.450. The lowest BCUT2D eigenvalue weighted by Crippen LogP contribution is -2.25. The number of carbonyl (C=O) groups excluding carboxylic acids is 1. The van der Waals surface area contributed by atoms with Crippen LogP contribution >= 0.6 is 11.3 Å². The van der Waals surface area contributed by atoms with Gasteiger partial charge in [-0.2, -0.15) is 0 Å². The average molecular weight is 340 g/mol. The van der Waals surface area contributed by atoms with Crippen LogP contribution in [0.25, 0.3) is 0 Å². The molecule has 2 aromatic rings. The Hall–Kier alpha value is -1.65. The van der Waals surface area contributed by atoms with Crippen LogP contribution in [0.1, 0.15) is 64.4 Å². The molecule has 0 unspecified atom stereocenters. The van der Waals surface area contributed by atoms with E-state index in [1.54, 1.807) is 11.3 Å². The predicted molar refractivity (Wildman–Crippen MR) is 100.0 cm³/mol. The van der Waals surface area contributed by atoms with Gasteiger partial charge in [0.2, 0.25) is 0 Å². The van der Waals surface area contributed by atoms with Gasteiger partial charge in [-0.25, -0.2) is 0 Å². The van der Waals surface area contributed by atoms with Crippen molar-refractivity contribution in [2.75, 3.05) is 11.9 Å². The van der Waals surface area contributed by atoms with Gasteiger partial charge in [0, 0.05) is 22.5 Å². The minimum Gasteiger partial charge on any atom is -0.322 e. The molecule has 3 nitrogen and oxygen atoms in total. The lowest BCUT2D eigenvalue weighted by atomic mass is 9.88. The van der Waals surface area contributed by atoms with E-state index in [4.69, 9.17) is 0 Å². The summed E-state index contributed by atoms with van der Waals surface area (Å²) in [5.74, 6) is 0.695. The maximum atomic E-state index is 12.7. The molecule has 0 bridgehead atoms. The molecule has 1 amide bonds. The summed E-state index contributed by atoms with van der Waals surface area (Å²) in [6.45, 7) is 1.87. The smallest absolute Gasteiger partial charge is 0.256 e. The third-order valence-electron chi connectivity index (χ3n) is 5.28. The van der Waals surface area contributed by atoms with Crippen LogP contribution in [0.15, 0.2) is 29.6 Å². The molecule has 1 saturated carbocycles. The van der Waals surface area contributed by atoms with E-state index in [-0.39, 0.29) is 5.91 Å². The van der Waals surface area contributed by atoms with Gasteiger partial charge in [-0.1, -0.05) is 31.4 Å². The molecule has 0 radical (unpaired) electrons. The third kappa shape index (κ3) is 3.26. The number of thiophene rings is 1. The van der Waals surface area contributed by atoms with Gasteiger partial charge in [0.15, 0.2) is 0 Å². The number of nitrogens with one attached hydrogen (secondary N) is 2.